The summed E-state index contributed by atoms with van der Waals surface area (Å²) in [5.74, 6) is 0.938. The molecule has 3 aromatic rings. The average molecular weight is 531 g/mol. The second kappa shape index (κ2) is 12.1. The van der Waals surface area contributed by atoms with Crippen LogP contribution in [0.3, 0.4) is 0 Å². The first-order valence-electron chi connectivity index (χ1n) is 13.6. The van der Waals surface area contributed by atoms with Gasteiger partial charge >= 0.3 is 0 Å². The molecule has 1 fully saturated rings. The summed E-state index contributed by atoms with van der Waals surface area (Å²) in [5.41, 5.74) is 1.38. The second-order valence-electron chi connectivity index (χ2n) is 9.77. The van der Waals surface area contributed by atoms with Crippen LogP contribution in [-0.2, 0) is 4.79 Å². The van der Waals surface area contributed by atoms with E-state index in [4.69, 9.17) is 14.2 Å². The molecular formula is C31H34N2O6. The molecule has 1 heterocycles. The highest BCUT2D eigenvalue weighted by Gasteiger charge is 2.36. The van der Waals surface area contributed by atoms with Crippen molar-refractivity contribution in [2.75, 3.05) is 24.7 Å². The van der Waals surface area contributed by atoms with Crippen LogP contribution in [0.15, 0.2) is 66.7 Å². The van der Waals surface area contributed by atoms with E-state index in [0.717, 1.165) is 32.1 Å². The summed E-state index contributed by atoms with van der Waals surface area (Å²) in [6.07, 6.45) is 5.08. The molecule has 0 saturated heterocycles. The van der Waals surface area contributed by atoms with Gasteiger partial charge in [-0.3, -0.25) is 14.5 Å². The number of phenols is 1. The van der Waals surface area contributed by atoms with Crippen LogP contribution in [0.1, 0.15) is 61.0 Å². The van der Waals surface area contributed by atoms with Crippen LogP contribution in [0.2, 0.25) is 0 Å². The van der Waals surface area contributed by atoms with Gasteiger partial charge in [-0.15, -0.1) is 0 Å². The van der Waals surface area contributed by atoms with Gasteiger partial charge in [0.1, 0.15) is 30.8 Å². The van der Waals surface area contributed by atoms with Gasteiger partial charge < -0.3 is 24.6 Å². The van der Waals surface area contributed by atoms with Crippen LogP contribution in [0, 0.1) is 0 Å². The Kier molecular flexibility index (Phi) is 8.20. The summed E-state index contributed by atoms with van der Waals surface area (Å²) >= 11 is 0. The lowest BCUT2D eigenvalue weighted by molar-refractivity contribution is -0.123. The molecule has 1 aliphatic heterocycles. The number of ether oxygens (including phenoxy) is 3. The van der Waals surface area contributed by atoms with Gasteiger partial charge in [-0.2, -0.15) is 0 Å². The largest absolute Gasteiger partial charge is 0.508 e. The standard InChI is InChI=1S/C31H34N2O6/c1-2-37-26-11-7-6-10-25(26)33(31(36)22-14-17-27-28(20-22)39-19-18-38-27)29(21-12-15-24(34)16-13-21)30(35)32-23-8-4-3-5-9-23/h6-7,10-17,20,23,29,34H,2-5,8-9,18-19H2,1H3,(H,32,35). The van der Waals surface area contributed by atoms with E-state index >= 15 is 0 Å². The molecule has 0 radical (unpaired) electrons. The highest BCUT2D eigenvalue weighted by atomic mass is 16.6. The number of hydrogen-bond donors (Lipinski definition) is 2. The Morgan fingerprint density at radius 3 is 2.44 bits per heavy atom. The summed E-state index contributed by atoms with van der Waals surface area (Å²) in [7, 11) is 0. The van der Waals surface area contributed by atoms with Crippen molar-refractivity contribution in [3.8, 4) is 23.0 Å². The van der Waals surface area contributed by atoms with Crippen LogP contribution in [0.4, 0.5) is 5.69 Å². The average Bonchev–Trinajstić information content (AvgIpc) is 2.97. The van der Waals surface area contributed by atoms with Crippen molar-refractivity contribution >= 4 is 17.5 Å². The van der Waals surface area contributed by atoms with Crippen LogP contribution in [-0.4, -0.2) is 42.8 Å². The second-order valence-corrected chi connectivity index (χ2v) is 9.77. The molecule has 2 aliphatic rings. The molecule has 39 heavy (non-hydrogen) atoms. The van der Waals surface area contributed by atoms with Gasteiger partial charge in [0.2, 0.25) is 5.91 Å². The van der Waals surface area contributed by atoms with Crippen molar-refractivity contribution < 1.29 is 28.9 Å². The lowest BCUT2D eigenvalue weighted by Crippen LogP contribution is -2.47. The first kappa shape index (κ1) is 26.4. The number of phenolic OH excluding ortho intramolecular Hbond substituents is 1. The zero-order valence-electron chi connectivity index (χ0n) is 22.1. The van der Waals surface area contributed by atoms with Crippen LogP contribution in [0.5, 0.6) is 23.0 Å². The van der Waals surface area contributed by atoms with Crippen molar-refractivity contribution in [2.45, 2.75) is 51.1 Å². The number of carbonyl (C=O) groups is 2. The molecule has 8 heteroatoms. The van der Waals surface area contributed by atoms with Crippen molar-refractivity contribution in [1.82, 2.24) is 5.32 Å². The third kappa shape index (κ3) is 5.95. The van der Waals surface area contributed by atoms with Crippen LogP contribution >= 0.6 is 0 Å². The Labute approximate surface area is 228 Å². The van der Waals surface area contributed by atoms with E-state index in [0.29, 0.717) is 53.9 Å². The smallest absolute Gasteiger partial charge is 0.259 e. The fourth-order valence-corrected chi connectivity index (χ4v) is 5.22. The Morgan fingerprint density at radius 2 is 1.69 bits per heavy atom. The minimum atomic E-state index is -1.02. The maximum Gasteiger partial charge on any atom is 0.259 e. The van der Waals surface area contributed by atoms with Crippen molar-refractivity contribution in [1.29, 1.82) is 0 Å². The maximum absolute atomic E-state index is 14.4. The lowest BCUT2D eigenvalue weighted by atomic mass is 9.94. The van der Waals surface area contributed by atoms with Gasteiger partial charge in [0, 0.05) is 11.6 Å². The molecule has 204 valence electrons. The number of carbonyl (C=O) groups excluding carboxylic acids is 2. The van der Waals surface area contributed by atoms with Gasteiger partial charge in [0.25, 0.3) is 5.91 Å². The van der Waals surface area contributed by atoms with E-state index < -0.39 is 11.9 Å². The maximum atomic E-state index is 14.4. The lowest BCUT2D eigenvalue weighted by Gasteiger charge is -2.34. The van der Waals surface area contributed by atoms with Gasteiger partial charge in [-0.25, -0.2) is 0 Å². The molecule has 0 bridgehead atoms. The monoisotopic (exact) mass is 530 g/mol. The fourth-order valence-electron chi connectivity index (χ4n) is 5.22. The number of fused-ring (bicyclic) bond motifs is 1. The van der Waals surface area contributed by atoms with E-state index in [1.54, 1.807) is 42.5 Å². The SMILES string of the molecule is CCOc1ccccc1N(C(=O)c1ccc2c(c1)OCCO2)C(C(=O)NC1CCCCC1)c1ccc(O)cc1. The van der Waals surface area contributed by atoms with Gasteiger partial charge in [0.15, 0.2) is 11.5 Å². The zero-order valence-corrected chi connectivity index (χ0v) is 22.1. The predicted molar refractivity (Wildman–Crippen MR) is 148 cm³/mol. The topological polar surface area (TPSA) is 97.3 Å². The number of nitrogens with zero attached hydrogens (tertiary/aromatic N) is 1. The van der Waals surface area contributed by atoms with Gasteiger partial charge in [0.05, 0.1) is 12.3 Å². The minimum Gasteiger partial charge on any atom is -0.508 e. The van der Waals surface area contributed by atoms with E-state index in [-0.39, 0.29) is 17.7 Å². The molecule has 5 rings (SSSR count). The third-order valence-electron chi connectivity index (χ3n) is 7.10. The highest BCUT2D eigenvalue weighted by Crippen LogP contribution is 2.38. The molecule has 2 N–H and O–H groups in total. The summed E-state index contributed by atoms with van der Waals surface area (Å²) in [4.78, 5) is 30.0. The molecule has 8 nitrogen and oxygen atoms in total. The number of rotatable bonds is 8. The Bertz CT molecular complexity index is 1300. The highest BCUT2D eigenvalue weighted by molar-refractivity contribution is 6.11. The summed E-state index contributed by atoms with van der Waals surface area (Å²) in [5, 5.41) is 13.2. The van der Waals surface area contributed by atoms with Gasteiger partial charge in [-0.1, -0.05) is 43.5 Å². The Balaban J connectivity index is 1.62. The predicted octanol–water partition coefficient (Wildman–Crippen LogP) is 5.40. The number of para-hydroxylation sites is 2. The summed E-state index contributed by atoms with van der Waals surface area (Å²) in [6.45, 7) is 3.10. The number of hydrogen-bond acceptors (Lipinski definition) is 6. The number of anilines is 1. The van der Waals surface area contributed by atoms with E-state index in [1.165, 1.54) is 17.0 Å². The van der Waals surface area contributed by atoms with Crippen molar-refractivity contribution in [2.24, 2.45) is 0 Å². The first-order valence-corrected chi connectivity index (χ1v) is 13.6. The molecule has 1 atom stereocenters. The van der Waals surface area contributed by atoms with E-state index in [1.807, 2.05) is 19.1 Å². The number of benzene rings is 3. The van der Waals surface area contributed by atoms with Crippen LogP contribution < -0.4 is 24.4 Å². The first-order chi connectivity index (χ1) is 19.0. The molecule has 1 aliphatic carbocycles. The van der Waals surface area contributed by atoms with E-state index in [9.17, 15) is 14.7 Å². The zero-order chi connectivity index (χ0) is 27.2. The van der Waals surface area contributed by atoms with E-state index in [2.05, 4.69) is 5.32 Å². The van der Waals surface area contributed by atoms with Crippen molar-refractivity contribution in [3.05, 3.63) is 77.9 Å². The third-order valence-corrected chi connectivity index (χ3v) is 7.10. The molecule has 2 amide bonds. The molecule has 1 unspecified atom stereocenters. The van der Waals surface area contributed by atoms with Gasteiger partial charge in [-0.05, 0) is 67.8 Å². The molecule has 1 saturated carbocycles. The minimum absolute atomic E-state index is 0.0410. The Hall–Kier alpha value is -4.20. The van der Waals surface area contributed by atoms with Crippen molar-refractivity contribution in [3.63, 3.8) is 0 Å². The number of aromatic hydroxyl groups is 1. The molecule has 3 aromatic carbocycles. The summed E-state index contributed by atoms with van der Waals surface area (Å²) < 4.78 is 17.3. The fraction of sp³-hybridized carbons (Fsp3) is 0.355. The molecule has 0 aromatic heterocycles. The molecule has 0 spiro atoms. The van der Waals surface area contributed by atoms with Crippen LogP contribution in [0.25, 0.3) is 0 Å². The number of amides is 2. The Morgan fingerprint density at radius 1 is 0.974 bits per heavy atom. The quantitative estimate of drug-likeness (QED) is 0.405. The summed E-state index contributed by atoms with van der Waals surface area (Å²) in [6, 6.07) is 17.7. The molecular weight excluding hydrogens is 496 g/mol. The normalized spacial score (nSPS) is 15.7. The number of nitrogens with one attached hydrogen (secondary N) is 1.